The summed E-state index contributed by atoms with van der Waals surface area (Å²) in [4.78, 5) is 18.2. The summed E-state index contributed by atoms with van der Waals surface area (Å²) in [5, 5.41) is 9.22. The highest BCUT2D eigenvalue weighted by atomic mass is 35.5. The first kappa shape index (κ1) is 15.2. The van der Waals surface area contributed by atoms with E-state index in [4.69, 9.17) is 16.7 Å². The lowest BCUT2D eigenvalue weighted by molar-refractivity contribution is 0.0691. The van der Waals surface area contributed by atoms with Gasteiger partial charge in [0.1, 0.15) is 0 Å². The van der Waals surface area contributed by atoms with E-state index in [-0.39, 0.29) is 15.7 Å². The number of anilines is 1. The van der Waals surface area contributed by atoms with Crippen LogP contribution in [0.5, 0.6) is 0 Å². The normalized spacial score (nSPS) is 11.1. The Hall–Kier alpha value is -2.19. The number of carboxylic acids is 1. The van der Waals surface area contributed by atoms with Crippen LogP contribution in [0.2, 0.25) is 5.02 Å². The molecule has 7 nitrogen and oxygen atoms in total. The van der Waals surface area contributed by atoms with Crippen LogP contribution < -0.4 is 4.72 Å². The van der Waals surface area contributed by atoms with Crippen LogP contribution in [0.15, 0.2) is 35.5 Å². The maximum atomic E-state index is 12.3. The molecule has 0 aliphatic carbocycles. The van der Waals surface area contributed by atoms with E-state index in [1.807, 2.05) is 0 Å². The summed E-state index contributed by atoms with van der Waals surface area (Å²) in [6, 6.07) is 4.38. The predicted molar refractivity (Wildman–Crippen MR) is 76.0 cm³/mol. The van der Waals surface area contributed by atoms with Crippen molar-refractivity contribution in [3.8, 4) is 0 Å². The van der Waals surface area contributed by atoms with Crippen LogP contribution in [0.3, 0.4) is 0 Å². The molecule has 9 heteroatoms. The van der Waals surface area contributed by atoms with Gasteiger partial charge in [-0.25, -0.2) is 23.2 Å². The number of sulfonamides is 1. The highest BCUT2D eigenvalue weighted by Gasteiger charge is 2.22. The molecule has 0 amide bonds. The number of halogens is 1. The van der Waals surface area contributed by atoms with E-state index in [9.17, 15) is 13.2 Å². The molecule has 0 aliphatic heterocycles. The quantitative estimate of drug-likeness (QED) is 0.888. The topological polar surface area (TPSA) is 109 Å². The Labute approximate surface area is 125 Å². The van der Waals surface area contributed by atoms with E-state index in [2.05, 4.69) is 14.7 Å². The van der Waals surface area contributed by atoms with Gasteiger partial charge in [-0.15, -0.1) is 0 Å². The maximum Gasteiger partial charge on any atom is 0.358 e. The minimum Gasteiger partial charge on any atom is -0.476 e. The van der Waals surface area contributed by atoms with E-state index in [0.717, 1.165) is 6.20 Å². The largest absolute Gasteiger partial charge is 0.476 e. The zero-order chi connectivity index (χ0) is 15.6. The van der Waals surface area contributed by atoms with E-state index < -0.39 is 21.7 Å². The summed E-state index contributed by atoms with van der Waals surface area (Å²) in [6.45, 7) is 1.60. The summed E-state index contributed by atoms with van der Waals surface area (Å²) in [6.07, 6.45) is 2.35. The second kappa shape index (κ2) is 5.66. The van der Waals surface area contributed by atoms with Gasteiger partial charge in [-0.05, 0) is 24.6 Å². The highest BCUT2D eigenvalue weighted by Crippen LogP contribution is 2.23. The van der Waals surface area contributed by atoms with Crippen molar-refractivity contribution in [1.82, 2.24) is 9.97 Å². The van der Waals surface area contributed by atoms with Crippen LogP contribution in [-0.4, -0.2) is 29.5 Å². The Bertz CT molecular complexity index is 808. The molecular weight excluding hydrogens is 318 g/mol. The monoisotopic (exact) mass is 327 g/mol. The van der Waals surface area contributed by atoms with Gasteiger partial charge in [0.05, 0.1) is 4.90 Å². The minimum atomic E-state index is -4.02. The number of aryl methyl sites for hydroxylation is 1. The van der Waals surface area contributed by atoms with E-state index in [0.29, 0.717) is 5.56 Å². The lowest BCUT2D eigenvalue weighted by atomic mass is 10.2. The van der Waals surface area contributed by atoms with Crippen molar-refractivity contribution in [2.75, 3.05) is 4.72 Å². The van der Waals surface area contributed by atoms with Crippen LogP contribution in [-0.2, 0) is 10.0 Å². The van der Waals surface area contributed by atoms with Crippen LogP contribution in [0.1, 0.15) is 16.1 Å². The Morgan fingerprint density at radius 1 is 1.29 bits per heavy atom. The molecular formula is C12H10ClN3O4S. The lowest BCUT2D eigenvalue weighted by Crippen LogP contribution is -2.18. The zero-order valence-corrected chi connectivity index (χ0v) is 12.3. The van der Waals surface area contributed by atoms with Crippen molar-refractivity contribution >= 4 is 33.4 Å². The molecule has 2 N–H and O–H groups in total. The summed E-state index contributed by atoms with van der Waals surface area (Å²) < 4.78 is 26.7. The number of aromatic nitrogens is 2. The molecule has 110 valence electrons. The average molecular weight is 328 g/mol. The summed E-state index contributed by atoms with van der Waals surface area (Å²) >= 11 is 5.79. The molecule has 0 radical (unpaired) electrons. The van der Waals surface area contributed by atoms with Crippen LogP contribution in [0.4, 0.5) is 5.82 Å². The molecule has 21 heavy (non-hydrogen) atoms. The molecule has 0 bridgehead atoms. The third-order valence-electron chi connectivity index (χ3n) is 2.57. The van der Waals surface area contributed by atoms with Crippen molar-refractivity contribution in [1.29, 1.82) is 0 Å². The van der Waals surface area contributed by atoms with Gasteiger partial charge in [0.2, 0.25) is 0 Å². The number of nitrogens with one attached hydrogen (secondary N) is 1. The number of carbonyl (C=O) groups is 1. The molecule has 1 heterocycles. The Kier molecular flexibility index (Phi) is 4.10. The standard InChI is InChI=1S/C12H10ClN3O4S/c1-7-2-3-8(13)6-9(7)21(19,20)16-11-10(12(17)18)14-4-5-15-11/h2-6H,1H3,(H,15,16)(H,17,18). The van der Waals surface area contributed by atoms with Crippen molar-refractivity contribution < 1.29 is 18.3 Å². The van der Waals surface area contributed by atoms with E-state index in [1.165, 1.54) is 12.3 Å². The zero-order valence-electron chi connectivity index (χ0n) is 10.7. The third kappa shape index (κ3) is 3.29. The lowest BCUT2D eigenvalue weighted by Gasteiger charge is -2.11. The molecule has 1 aromatic heterocycles. The first-order valence-electron chi connectivity index (χ1n) is 5.64. The van der Waals surface area contributed by atoms with Gasteiger partial charge < -0.3 is 5.11 Å². The first-order valence-corrected chi connectivity index (χ1v) is 7.50. The molecule has 0 unspecified atom stereocenters. The summed E-state index contributed by atoms with van der Waals surface area (Å²) in [5.41, 5.74) is -0.0200. The first-order chi connectivity index (χ1) is 9.81. The predicted octanol–water partition coefficient (Wildman–Crippen LogP) is 1.94. The number of nitrogens with zero attached hydrogens (tertiary/aromatic N) is 2. The molecule has 1 aromatic carbocycles. The molecule has 0 saturated heterocycles. The minimum absolute atomic E-state index is 0.0583. The fourth-order valence-corrected chi connectivity index (χ4v) is 3.14. The number of benzene rings is 1. The van der Waals surface area contributed by atoms with Gasteiger partial charge in [0, 0.05) is 17.4 Å². The smallest absolute Gasteiger partial charge is 0.358 e. The number of rotatable bonds is 4. The van der Waals surface area contributed by atoms with E-state index in [1.54, 1.807) is 19.1 Å². The SMILES string of the molecule is Cc1ccc(Cl)cc1S(=O)(=O)Nc1nccnc1C(=O)O. The van der Waals surface area contributed by atoms with Crippen molar-refractivity contribution in [2.45, 2.75) is 11.8 Å². The van der Waals surface area contributed by atoms with Crippen LogP contribution in [0.25, 0.3) is 0 Å². The summed E-state index contributed by atoms with van der Waals surface area (Å²) in [7, 11) is -4.02. The molecule has 0 fully saturated rings. The van der Waals surface area contributed by atoms with Crippen molar-refractivity contribution in [3.63, 3.8) is 0 Å². The average Bonchev–Trinajstić information content (AvgIpc) is 2.41. The molecule has 0 aliphatic rings. The van der Waals surface area contributed by atoms with Crippen LogP contribution >= 0.6 is 11.6 Å². The molecule has 0 atom stereocenters. The molecule has 0 spiro atoms. The van der Waals surface area contributed by atoms with Gasteiger partial charge in [0.15, 0.2) is 11.5 Å². The molecule has 2 rings (SSSR count). The summed E-state index contributed by atoms with van der Waals surface area (Å²) in [5.74, 6) is -1.74. The second-order valence-corrected chi connectivity index (χ2v) is 6.16. The number of carboxylic acid groups (broad SMARTS) is 1. The van der Waals surface area contributed by atoms with Crippen LogP contribution in [0, 0.1) is 6.92 Å². The number of hydrogen-bond donors (Lipinski definition) is 2. The Morgan fingerprint density at radius 2 is 1.95 bits per heavy atom. The van der Waals surface area contributed by atoms with Gasteiger partial charge in [-0.1, -0.05) is 17.7 Å². The van der Waals surface area contributed by atoms with Gasteiger partial charge >= 0.3 is 5.97 Å². The molecule has 2 aromatic rings. The second-order valence-electron chi connectivity index (χ2n) is 4.07. The van der Waals surface area contributed by atoms with Gasteiger partial charge in [-0.3, -0.25) is 4.72 Å². The fourth-order valence-electron chi connectivity index (χ4n) is 1.61. The van der Waals surface area contributed by atoms with E-state index >= 15 is 0 Å². The highest BCUT2D eigenvalue weighted by molar-refractivity contribution is 7.92. The third-order valence-corrected chi connectivity index (χ3v) is 4.29. The number of hydrogen-bond acceptors (Lipinski definition) is 5. The molecule has 0 saturated carbocycles. The Morgan fingerprint density at radius 3 is 2.62 bits per heavy atom. The van der Waals surface area contributed by atoms with Gasteiger partial charge in [-0.2, -0.15) is 0 Å². The fraction of sp³-hybridized carbons (Fsp3) is 0.0833. The Balaban J connectivity index is 2.48. The number of aromatic carboxylic acids is 1. The maximum absolute atomic E-state index is 12.3. The van der Waals surface area contributed by atoms with Gasteiger partial charge in [0.25, 0.3) is 10.0 Å². The van der Waals surface area contributed by atoms with Crippen molar-refractivity contribution in [3.05, 3.63) is 46.9 Å². The van der Waals surface area contributed by atoms with Crippen molar-refractivity contribution in [2.24, 2.45) is 0 Å².